The first-order valence-corrected chi connectivity index (χ1v) is 10.6. The Balaban J connectivity index is 1.48. The summed E-state index contributed by atoms with van der Waals surface area (Å²) < 4.78 is 5.15. The van der Waals surface area contributed by atoms with Crippen LogP contribution in [0.5, 0.6) is 0 Å². The minimum atomic E-state index is -0.641. The van der Waals surface area contributed by atoms with Crippen LogP contribution in [-0.4, -0.2) is 21.9 Å². The Morgan fingerprint density at radius 3 is 2.74 bits per heavy atom. The predicted octanol–water partition coefficient (Wildman–Crippen LogP) is 3.77. The second kappa shape index (κ2) is 6.05. The van der Waals surface area contributed by atoms with E-state index in [4.69, 9.17) is 4.42 Å². The highest BCUT2D eigenvalue weighted by Gasteiger charge is 2.65. The molecule has 0 radical (unpaired) electrons. The maximum absolute atomic E-state index is 12.0. The molecule has 3 fully saturated rings. The molecule has 3 saturated carbocycles. The highest BCUT2D eigenvalue weighted by molar-refractivity contribution is 5.28. The highest BCUT2D eigenvalue weighted by Crippen LogP contribution is 2.67. The zero-order valence-corrected chi connectivity index (χ0v) is 16.1. The molecule has 7 unspecified atom stereocenters. The van der Waals surface area contributed by atoms with Gasteiger partial charge in [0.2, 0.25) is 0 Å². The van der Waals surface area contributed by atoms with E-state index in [0.29, 0.717) is 17.8 Å². The molecule has 0 amide bonds. The van der Waals surface area contributed by atoms with Crippen LogP contribution in [0.15, 0.2) is 39.3 Å². The van der Waals surface area contributed by atoms with Crippen molar-refractivity contribution in [2.24, 2.45) is 23.2 Å². The van der Waals surface area contributed by atoms with Crippen molar-refractivity contribution in [1.82, 2.24) is 0 Å². The van der Waals surface area contributed by atoms with Gasteiger partial charge >= 0.3 is 5.63 Å². The van der Waals surface area contributed by atoms with Crippen LogP contribution in [0.25, 0.3) is 0 Å². The second-order valence-corrected chi connectivity index (χ2v) is 9.66. The van der Waals surface area contributed by atoms with Crippen molar-refractivity contribution in [2.45, 2.75) is 75.9 Å². The summed E-state index contributed by atoms with van der Waals surface area (Å²) >= 11 is 0. The summed E-state index contributed by atoms with van der Waals surface area (Å²) in [6.45, 7) is 2.27. The number of rotatable bonds is 1. The van der Waals surface area contributed by atoms with E-state index in [1.165, 1.54) is 11.6 Å². The molecule has 1 heterocycles. The minimum Gasteiger partial charge on any atom is -0.431 e. The molecule has 5 rings (SSSR count). The van der Waals surface area contributed by atoms with Gasteiger partial charge in [-0.05, 0) is 86.7 Å². The van der Waals surface area contributed by atoms with Gasteiger partial charge in [-0.2, -0.15) is 0 Å². The smallest absolute Gasteiger partial charge is 0.335 e. The molecule has 0 aromatic carbocycles. The van der Waals surface area contributed by atoms with Gasteiger partial charge < -0.3 is 14.6 Å². The molecule has 27 heavy (non-hydrogen) atoms. The summed E-state index contributed by atoms with van der Waals surface area (Å²) in [5, 5.41) is 22.0. The molecular weight excluding hydrogens is 340 g/mol. The lowest BCUT2D eigenvalue weighted by molar-refractivity contribution is -0.166. The summed E-state index contributed by atoms with van der Waals surface area (Å²) in [7, 11) is 0. The molecule has 146 valence electrons. The lowest BCUT2D eigenvalue weighted by atomic mass is 9.49. The highest BCUT2D eigenvalue weighted by atomic mass is 16.4. The van der Waals surface area contributed by atoms with Gasteiger partial charge in [-0.1, -0.05) is 18.6 Å². The molecule has 0 saturated heterocycles. The SMILES string of the molecule is CC12CCC3C4CCC(O)C=C4CCC3C1(O)CCC2c1ccc(=O)oc1. The molecule has 0 aliphatic heterocycles. The molecular formula is C23H30O4. The van der Waals surface area contributed by atoms with Gasteiger partial charge in [0.05, 0.1) is 18.0 Å². The lowest BCUT2D eigenvalue weighted by Gasteiger charge is -2.58. The Morgan fingerprint density at radius 2 is 1.96 bits per heavy atom. The van der Waals surface area contributed by atoms with Crippen LogP contribution in [0, 0.1) is 23.2 Å². The van der Waals surface area contributed by atoms with E-state index < -0.39 is 5.60 Å². The number of hydrogen-bond acceptors (Lipinski definition) is 4. The number of hydrogen-bond donors (Lipinski definition) is 2. The predicted molar refractivity (Wildman–Crippen MR) is 102 cm³/mol. The van der Waals surface area contributed by atoms with E-state index in [-0.39, 0.29) is 23.1 Å². The van der Waals surface area contributed by atoms with Crippen LogP contribution in [0.2, 0.25) is 0 Å². The van der Waals surface area contributed by atoms with Gasteiger partial charge in [0.15, 0.2) is 0 Å². The number of fused-ring (bicyclic) bond motifs is 5. The fourth-order valence-electron chi connectivity index (χ4n) is 7.40. The summed E-state index contributed by atoms with van der Waals surface area (Å²) in [6, 6.07) is 3.40. The molecule has 1 aromatic rings. The summed E-state index contributed by atoms with van der Waals surface area (Å²) in [4.78, 5) is 11.4. The van der Waals surface area contributed by atoms with E-state index in [0.717, 1.165) is 56.9 Å². The van der Waals surface area contributed by atoms with E-state index >= 15 is 0 Å². The third-order valence-corrected chi connectivity index (χ3v) is 8.74. The average molecular weight is 370 g/mol. The molecule has 4 heteroatoms. The zero-order chi connectivity index (χ0) is 18.8. The Bertz CT molecular complexity index is 805. The topological polar surface area (TPSA) is 70.7 Å². The summed E-state index contributed by atoms with van der Waals surface area (Å²) in [5.41, 5.74) is 1.39. The third-order valence-electron chi connectivity index (χ3n) is 8.74. The van der Waals surface area contributed by atoms with Gasteiger partial charge in [-0.3, -0.25) is 0 Å². The second-order valence-electron chi connectivity index (χ2n) is 9.66. The monoisotopic (exact) mass is 370 g/mol. The van der Waals surface area contributed by atoms with Crippen molar-refractivity contribution < 1.29 is 14.6 Å². The van der Waals surface area contributed by atoms with Crippen molar-refractivity contribution in [3.05, 3.63) is 46.0 Å². The molecule has 4 aliphatic rings. The van der Waals surface area contributed by atoms with Gasteiger partial charge in [0.1, 0.15) is 0 Å². The van der Waals surface area contributed by atoms with Crippen molar-refractivity contribution in [3.63, 3.8) is 0 Å². The number of aliphatic hydroxyl groups excluding tert-OH is 1. The molecule has 2 N–H and O–H groups in total. The Morgan fingerprint density at radius 1 is 1.11 bits per heavy atom. The van der Waals surface area contributed by atoms with Crippen LogP contribution in [0.4, 0.5) is 0 Å². The molecule has 4 nitrogen and oxygen atoms in total. The third kappa shape index (κ3) is 2.45. The minimum absolute atomic E-state index is 0.163. The number of aliphatic hydroxyl groups is 2. The van der Waals surface area contributed by atoms with Gasteiger partial charge in [0, 0.05) is 11.5 Å². The van der Waals surface area contributed by atoms with Crippen molar-refractivity contribution in [3.8, 4) is 0 Å². The van der Waals surface area contributed by atoms with Crippen LogP contribution in [0.3, 0.4) is 0 Å². The van der Waals surface area contributed by atoms with E-state index in [1.54, 1.807) is 6.26 Å². The zero-order valence-electron chi connectivity index (χ0n) is 16.1. The first-order chi connectivity index (χ1) is 12.9. The molecule has 4 aliphatic carbocycles. The van der Waals surface area contributed by atoms with Crippen molar-refractivity contribution in [1.29, 1.82) is 0 Å². The fraction of sp³-hybridized carbons (Fsp3) is 0.696. The first-order valence-electron chi connectivity index (χ1n) is 10.6. The molecule has 0 bridgehead atoms. The maximum Gasteiger partial charge on any atom is 0.335 e. The van der Waals surface area contributed by atoms with Gasteiger partial charge in [-0.15, -0.1) is 0 Å². The quantitative estimate of drug-likeness (QED) is 0.738. The largest absolute Gasteiger partial charge is 0.431 e. The molecule has 7 atom stereocenters. The average Bonchev–Trinajstić information content (AvgIpc) is 2.94. The molecule has 0 spiro atoms. The van der Waals surface area contributed by atoms with E-state index in [9.17, 15) is 15.0 Å². The van der Waals surface area contributed by atoms with E-state index in [2.05, 4.69) is 13.0 Å². The standard InChI is InChI=1S/C23H30O4/c1-22-10-8-18-17-5-4-16(24)12-14(17)2-6-20(18)23(22,26)11-9-19(22)15-3-7-21(25)27-13-15/h3,7,12-13,16-20,24,26H,2,4-6,8-11H2,1H3. The van der Waals surface area contributed by atoms with Crippen LogP contribution >= 0.6 is 0 Å². The van der Waals surface area contributed by atoms with Crippen LogP contribution in [0.1, 0.15) is 69.8 Å². The van der Waals surface area contributed by atoms with Crippen LogP contribution < -0.4 is 5.63 Å². The summed E-state index contributed by atoms with van der Waals surface area (Å²) in [5.74, 6) is 1.69. The fourth-order valence-corrected chi connectivity index (χ4v) is 7.40. The number of allylic oxidation sites excluding steroid dienone is 1. The van der Waals surface area contributed by atoms with Gasteiger partial charge in [0.25, 0.3) is 0 Å². The summed E-state index contributed by atoms with van der Waals surface area (Å²) in [6.07, 6.45) is 11.4. The van der Waals surface area contributed by atoms with Crippen molar-refractivity contribution >= 4 is 0 Å². The Hall–Kier alpha value is -1.39. The maximum atomic E-state index is 12.0. The van der Waals surface area contributed by atoms with Gasteiger partial charge in [-0.25, -0.2) is 4.79 Å². The molecule has 1 aromatic heterocycles. The first kappa shape index (κ1) is 17.7. The van der Waals surface area contributed by atoms with Crippen LogP contribution in [-0.2, 0) is 0 Å². The Labute approximate surface area is 160 Å². The van der Waals surface area contributed by atoms with Crippen molar-refractivity contribution in [2.75, 3.05) is 0 Å². The lowest BCUT2D eigenvalue weighted by Crippen LogP contribution is -2.58. The Kier molecular flexibility index (Phi) is 3.97. The van der Waals surface area contributed by atoms with E-state index in [1.807, 2.05) is 6.07 Å². The normalized spacial score (nSPS) is 46.2.